The summed E-state index contributed by atoms with van der Waals surface area (Å²) in [6.45, 7) is 2.28. The quantitative estimate of drug-likeness (QED) is 0.306. The number of alkyl halides is 3. The molecule has 10 heteroatoms. The highest BCUT2D eigenvalue weighted by molar-refractivity contribution is 14.0. The van der Waals surface area contributed by atoms with E-state index < -0.39 is 12.8 Å². The number of anilines is 1. The van der Waals surface area contributed by atoms with Crippen molar-refractivity contribution < 1.29 is 22.7 Å². The van der Waals surface area contributed by atoms with Gasteiger partial charge in [-0.15, -0.1) is 24.0 Å². The molecule has 0 saturated heterocycles. The van der Waals surface area contributed by atoms with E-state index in [9.17, 15) is 18.0 Å². The number of guanidine groups is 1. The van der Waals surface area contributed by atoms with E-state index in [2.05, 4.69) is 15.6 Å². The standard InChI is InChI=1S/C22H25F3N4O2.HI/c1-2-26-21(27-13-16-7-9-18(10-8-16)31-15-22(23,24)25)28-14-20(30)29-12-11-17-5-3-4-6-19(17)29;/h3-10H,2,11-15H2,1H3,(H2,26,27,28);1H. The van der Waals surface area contributed by atoms with Crippen LogP contribution in [0.25, 0.3) is 0 Å². The Kier molecular flexibility index (Phi) is 9.60. The van der Waals surface area contributed by atoms with E-state index in [-0.39, 0.29) is 42.2 Å². The lowest BCUT2D eigenvalue weighted by atomic mass is 10.2. The van der Waals surface area contributed by atoms with Crippen molar-refractivity contribution in [2.24, 2.45) is 4.99 Å². The number of halogens is 4. The third-order valence-electron chi connectivity index (χ3n) is 4.69. The largest absolute Gasteiger partial charge is 0.484 e. The molecule has 0 unspecified atom stereocenters. The number of fused-ring (bicyclic) bond motifs is 1. The van der Waals surface area contributed by atoms with Crippen molar-refractivity contribution in [3.05, 3.63) is 59.7 Å². The lowest BCUT2D eigenvalue weighted by molar-refractivity contribution is -0.153. The molecule has 32 heavy (non-hydrogen) atoms. The zero-order valence-electron chi connectivity index (χ0n) is 17.6. The fraction of sp³-hybridized carbons (Fsp3) is 0.364. The second-order valence-corrected chi connectivity index (χ2v) is 7.02. The smallest absolute Gasteiger partial charge is 0.422 e. The maximum Gasteiger partial charge on any atom is 0.422 e. The van der Waals surface area contributed by atoms with Gasteiger partial charge in [-0.1, -0.05) is 30.3 Å². The van der Waals surface area contributed by atoms with Crippen LogP contribution in [-0.4, -0.2) is 44.3 Å². The van der Waals surface area contributed by atoms with Gasteiger partial charge in [0.2, 0.25) is 5.91 Å². The minimum absolute atomic E-state index is 0. The van der Waals surface area contributed by atoms with Crippen molar-refractivity contribution in [2.45, 2.75) is 26.1 Å². The number of rotatable bonds is 7. The Morgan fingerprint density at radius 2 is 1.84 bits per heavy atom. The lowest BCUT2D eigenvalue weighted by Crippen LogP contribution is -2.44. The molecule has 2 N–H and O–H groups in total. The van der Waals surface area contributed by atoms with E-state index in [0.29, 0.717) is 25.6 Å². The molecular weight excluding hydrogens is 536 g/mol. The Hall–Kier alpha value is -2.50. The van der Waals surface area contributed by atoms with Crippen LogP contribution in [0.4, 0.5) is 18.9 Å². The molecule has 0 saturated carbocycles. The molecule has 1 amide bonds. The van der Waals surface area contributed by atoms with Gasteiger partial charge in [-0.3, -0.25) is 4.79 Å². The molecule has 1 aliphatic heterocycles. The maximum absolute atomic E-state index is 12.6. The van der Waals surface area contributed by atoms with Crippen molar-refractivity contribution in [1.82, 2.24) is 10.6 Å². The number of amides is 1. The molecule has 0 atom stereocenters. The van der Waals surface area contributed by atoms with Gasteiger partial charge in [-0.05, 0) is 42.7 Å². The van der Waals surface area contributed by atoms with Crippen LogP contribution in [0, 0.1) is 0 Å². The summed E-state index contributed by atoms with van der Waals surface area (Å²) >= 11 is 0. The molecular formula is C22H26F3IN4O2. The lowest BCUT2D eigenvalue weighted by Gasteiger charge is -2.18. The molecule has 0 radical (unpaired) electrons. The summed E-state index contributed by atoms with van der Waals surface area (Å²) in [5.41, 5.74) is 2.92. The van der Waals surface area contributed by atoms with Crippen molar-refractivity contribution in [3.63, 3.8) is 0 Å². The average molecular weight is 562 g/mol. The highest BCUT2D eigenvalue weighted by Gasteiger charge is 2.28. The minimum atomic E-state index is -4.37. The first kappa shape index (κ1) is 25.8. The summed E-state index contributed by atoms with van der Waals surface area (Å²) in [5.74, 6) is 0.592. The Labute approximate surface area is 202 Å². The van der Waals surface area contributed by atoms with E-state index in [4.69, 9.17) is 4.74 Å². The van der Waals surface area contributed by atoms with Crippen LogP contribution in [0.5, 0.6) is 5.75 Å². The summed E-state index contributed by atoms with van der Waals surface area (Å²) < 4.78 is 41.4. The Balaban J connectivity index is 0.00000363. The molecule has 174 valence electrons. The van der Waals surface area contributed by atoms with Gasteiger partial charge in [-0.25, -0.2) is 4.99 Å². The van der Waals surface area contributed by atoms with Crippen LogP contribution in [0.1, 0.15) is 18.1 Å². The maximum atomic E-state index is 12.6. The topological polar surface area (TPSA) is 66.0 Å². The van der Waals surface area contributed by atoms with Crippen molar-refractivity contribution >= 4 is 41.5 Å². The molecule has 6 nitrogen and oxygen atoms in total. The van der Waals surface area contributed by atoms with Gasteiger partial charge in [0, 0.05) is 18.8 Å². The molecule has 0 spiro atoms. The van der Waals surface area contributed by atoms with Gasteiger partial charge in [0.25, 0.3) is 0 Å². The fourth-order valence-corrected chi connectivity index (χ4v) is 3.22. The van der Waals surface area contributed by atoms with E-state index in [1.807, 2.05) is 31.2 Å². The van der Waals surface area contributed by atoms with Gasteiger partial charge in [0.05, 0.1) is 13.1 Å². The zero-order valence-corrected chi connectivity index (χ0v) is 19.9. The first-order valence-corrected chi connectivity index (χ1v) is 10.0. The van der Waals surface area contributed by atoms with Crippen molar-refractivity contribution in [3.8, 4) is 5.75 Å². The third kappa shape index (κ3) is 7.57. The van der Waals surface area contributed by atoms with Gasteiger partial charge in [0.15, 0.2) is 12.6 Å². The first-order valence-electron chi connectivity index (χ1n) is 10.0. The number of hydrogen-bond acceptors (Lipinski definition) is 3. The number of nitrogens with one attached hydrogen (secondary N) is 2. The average Bonchev–Trinajstić information content (AvgIpc) is 3.18. The highest BCUT2D eigenvalue weighted by atomic mass is 127. The predicted octanol–water partition coefficient (Wildman–Crippen LogP) is 3.89. The summed E-state index contributed by atoms with van der Waals surface area (Å²) in [4.78, 5) is 18.9. The van der Waals surface area contributed by atoms with E-state index in [1.165, 1.54) is 17.7 Å². The number of ether oxygens (including phenoxy) is 1. The number of nitrogens with zero attached hydrogens (tertiary/aromatic N) is 2. The van der Waals surface area contributed by atoms with Gasteiger partial charge >= 0.3 is 6.18 Å². The second kappa shape index (κ2) is 11.9. The number of hydrogen-bond donors (Lipinski definition) is 2. The van der Waals surface area contributed by atoms with Gasteiger partial charge < -0.3 is 20.3 Å². The molecule has 3 rings (SSSR count). The van der Waals surface area contributed by atoms with Crippen LogP contribution in [-0.2, 0) is 17.8 Å². The third-order valence-corrected chi connectivity index (χ3v) is 4.69. The summed E-state index contributed by atoms with van der Waals surface area (Å²) in [7, 11) is 0. The van der Waals surface area contributed by atoms with Crippen LogP contribution in [0.3, 0.4) is 0 Å². The van der Waals surface area contributed by atoms with Crippen LogP contribution >= 0.6 is 24.0 Å². The number of aliphatic imine (C=N–C) groups is 1. The predicted molar refractivity (Wildman–Crippen MR) is 129 cm³/mol. The number of para-hydroxylation sites is 1. The number of carbonyl (C=O) groups excluding carboxylic acids is 1. The number of benzene rings is 2. The van der Waals surface area contributed by atoms with Crippen molar-refractivity contribution in [2.75, 3.05) is 31.1 Å². The second-order valence-electron chi connectivity index (χ2n) is 7.02. The Morgan fingerprint density at radius 1 is 1.12 bits per heavy atom. The molecule has 0 aliphatic carbocycles. The summed E-state index contributed by atoms with van der Waals surface area (Å²) in [5, 5.41) is 6.13. The molecule has 1 heterocycles. The molecule has 0 fully saturated rings. The molecule has 2 aromatic rings. The molecule has 0 aromatic heterocycles. The summed E-state index contributed by atoms with van der Waals surface area (Å²) in [6, 6.07) is 14.1. The minimum Gasteiger partial charge on any atom is -0.484 e. The molecule has 0 bridgehead atoms. The summed E-state index contributed by atoms with van der Waals surface area (Å²) in [6.07, 6.45) is -3.53. The number of carbonyl (C=O) groups is 1. The van der Waals surface area contributed by atoms with E-state index >= 15 is 0 Å². The molecule has 2 aromatic carbocycles. The fourth-order valence-electron chi connectivity index (χ4n) is 3.22. The van der Waals surface area contributed by atoms with Gasteiger partial charge in [0.1, 0.15) is 5.75 Å². The highest BCUT2D eigenvalue weighted by Crippen LogP contribution is 2.27. The monoisotopic (exact) mass is 562 g/mol. The van der Waals surface area contributed by atoms with Crippen molar-refractivity contribution in [1.29, 1.82) is 0 Å². The van der Waals surface area contributed by atoms with Crippen LogP contribution in [0.2, 0.25) is 0 Å². The first-order chi connectivity index (χ1) is 14.9. The SMILES string of the molecule is CCNC(=NCc1ccc(OCC(F)(F)F)cc1)NCC(=O)N1CCc2ccccc21.I. The van der Waals surface area contributed by atoms with Gasteiger partial charge in [-0.2, -0.15) is 13.2 Å². The normalized spacial score (nSPS) is 13.2. The Bertz CT molecular complexity index is 920. The van der Waals surface area contributed by atoms with E-state index in [0.717, 1.165) is 17.7 Å². The van der Waals surface area contributed by atoms with E-state index in [1.54, 1.807) is 17.0 Å². The van der Waals surface area contributed by atoms with Crippen LogP contribution in [0.15, 0.2) is 53.5 Å². The van der Waals surface area contributed by atoms with Crippen LogP contribution < -0.4 is 20.3 Å². The molecule has 1 aliphatic rings. The zero-order chi connectivity index (χ0) is 22.3. The Morgan fingerprint density at radius 3 is 2.53 bits per heavy atom.